The third-order valence-corrected chi connectivity index (χ3v) is 4.84. The number of hydrogen-bond acceptors (Lipinski definition) is 2. The first kappa shape index (κ1) is 13.5. The summed E-state index contributed by atoms with van der Waals surface area (Å²) < 4.78 is 0. The largest absolute Gasteiger partial charge is 0.316 e. The van der Waals surface area contributed by atoms with Gasteiger partial charge in [0.2, 0.25) is 5.91 Å². The average molecular weight is 292 g/mol. The number of carbonyl (C=O) groups is 1. The first-order chi connectivity index (χ1) is 10.7. The maximum atomic E-state index is 11.8. The summed E-state index contributed by atoms with van der Waals surface area (Å²) in [4.78, 5) is 13.6. The third-order valence-electron chi connectivity index (χ3n) is 4.84. The van der Waals surface area contributed by atoms with E-state index in [0.29, 0.717) is 6.42 Å². The van der Waals surface area contributed by atoms with Crippen LogP contribution in [-0.4, -0.2) is 26.0 Å². The molecule has 0 radical (unpaired) electrons. The Morgan fingerprint density at radius 1 is 0.909 bits per heavy atom. The number of carbonyl (C=O) groups excluding carboxylic acids is 1. The fourth-order valence-electron chi connectivity index (χ4n) is 3.47. The Labute approximate surface area is 131 Å². The lowest BCUT2D eigenvalue weighted by molar-refractivity contribution is -0.117. The summed E-state index contributed by atoms with van der Waals surface area (Å²) in [5, 5.41) is 3.45. The van der Waals surface area contributed by atoms with Gasteiger partial charge in [-0.3, -0.25) is 4.79 Å². The highest BCUT2D eigenvalue weighted by Gasteiger charge is 2.24. The number of nitrogens with zero attached hydrogens (tertiary/aromatic N) is 1. The number of hydrogen-bond donors (Lipinski definition) is 1. The molecule has 1 N–H and O–H groups in total. The van der Waals surface area contributed by atoms with Gasteiger partial charge in [-0.15, -0.1) is 0 Å². The lowest BCUT2D eigenvalue weighted by Gasteiger charge is -2.13. The monoisotopic (exact) mass is 292 g/mol. The first-order valence-corrected chi connectivity index (χ1v) is 7.95. The molecule has 0 aliphatic carbocycles. The maximum absolute atomic E-state index is 11.8. The second kappa shape index (κ2) is 5.25. The molecule has 0 unspecified atom stereocenters. The Hall–Kier alpha value is -2.13. The quantitative estimate of drug-likeness (QED) is 0.876. The maximum Gasteiger partial charge on any atom is 0.231 e. The highest BCUT2D eigenvalue weighted by atomic mass is 16.2. The van der Waals surface area contributed by atoms with Crippen molar-refractivity contribution in [3.63, 3.8) is 0 Å². The summed E-state index contributed by atoms with van der Waals surface area (Å²) in [5.74, 6) is 0.181. The highest BCUT2D eigenvalue weighted by Crippen LogP contribution is 2.33. The van der Waals surface area contributed by atoms with Crippen LogP contribution in [0.25, 0.3) is 11.1 Å². The summed E-state index contributed by atoms with van der Waals surface area (Å²) in [6.45, 7) is 2.12. The Kier molecular flexibility index (Phi) is 3.23. The van der Waals surface area contributed by atoms with Crippen LogP contribution in [0.15, 0.2) is 36.4 Å². The van der Waals surface area contributed by atoms with Crippen LogP contribution in [-0.2, 0) is 24.1 Å². The first-order valence-electron chi connectivity index (χ1n) is 7.95. The molecule has 3 heteroatoms. The number of likely N-dealkylation sites (N-methyl/N-ethyl adjacent to an activating group) is 1. The summed E-state index contributed by atoms with van der Waals surface area (Å²) in [7, 11) is 1.86. The van der Waals surface area contributed by atoms with E-state index in [2.05, 4.69) is 41.7 Å². The predicted octanol–water partition coefficient (Wildman–Crippen LogP) is 2.56. The second-order valence-electron chi connectivity index (χ2n) is 6.21. The third kappa shape index (κ3) is 2.22. The molecule has 0 fully saturated rings. The zero-order valence-corrected chi connectivity index (χ0v) is 12.9. The molecule has 2 aliphatic rings. The average Bonchev–Trinajstić information content (AvgIpc) is 2.72. The van der Waals surface area contributed by atoms with Crippen molar-refractivity contribution in [2.24, 2.45) is 0 Å². The van der Waals surface area contributed by atoms with Gasteiger partial charge in [-0.25, -0.2) is 0 Å². The van der Waals surface area contributed by atoms with Crippen LogP contribution in [0.5, 0.6) is 0 Å². The van der Waals surface area contributed by atoms with Gasteiger partial charge in [0.1, 0.15) is 0 Å². The minimum Gasteiger partial charge on any atom is -0.316 e. The second-order valence-corrected chi connectivity index (χ2v) is 6.21. The van der Waals surface area contributed by atoms with Crippen molar-refractivity contribution < 1.29 is 4.79 Å². The summed E-state index contributed by atoms with van der Waals surface area (Å²) in [6.07, 6.45) is 2.73. The standard InChI is InChI=1S/C19H20N2O/c1-21-18-11-15(4-5-17(18)12-19(21)22)14-3-2-13-6-8-20-9-7-16(13)10-14/h2-5,10-11,20H,6-9,12H2,1H3. The summed E-state index contributed by atoms with van der Waals surface area (Å²) >= 11 is 0. The van der Waals surface area contributed by atoms with Crippen molar-refractivity contribution in [1.82, 2.24) is 5.32 Å². The van der Waals surface area contributed by atoms with Gasteiger partial charge in [-0.1, -0.05) is 30.3 Å². The molecule has 2 heterocycles. The van der Waals surface area contributed by atoms with Gasteiger partial charge in [0.15, 0.2) is 0 Å². The van der Waals surface area contributed by atoms with E-state index in [9.17, 15) is 4.79 Å². The van der Waals surface area contributed by atoms with E-state index >= 15 is 0 Å². The van der Waals surface area contributed by atoms with Crippen LogP contribution >= 0.6 is 0 Å². The van der Waals surface area contributed by atoms with Crippen LogP contribution in [0.2, 0.25) is 0 Å². The molecule has 2 aromatic rings. The lowest BCUT2D eigenvalue weighted by Crippen LogP contribution is -2.20. The number of fused-ring (bicyclic) bond motifs is 2. The Balaban J connectivity index is 1.74. The number of anilines is 1. The number of benzene rings is 2. The predicted molar refractivity (Wildman–Crippen MR) is 89.3 cm³/mol. The van der Waals surface area contributed by atoms with Gasteiger partial charge >= 0.3 is 0 Å². The summed E-state index contributed by atoms with van der Waals surface area (Å²) in [5.41, 5.74) is 7.54. The van der Waals surface area contributed by atoms with Crippen LogP contribution in [0.1, 0.15) is 16.7 Å². The van der Waals surface area contributed by atoms with E-state index in [1.807, 2.05) is 7.05 Å². The van der Waals surface area contributed by atoms with E-state index in [1.165, 1.54) is 22.3 Å². The molecule has 2 aliphatic heterocycles. The number of nitrogens with one attached hydrogen (secondary N) is 1. The zero-order valence-electron chi connectivity index (χ0n) is 12.9. The lowest BCUT2D eigenvalue weighted by atomic mass is 9.95. The summed E-state index contributed by atoms with van der Waals surface area (Å²) in [6, 6.07) is 13.2. The minimum atomic E-state index is 0.181. The van der Waals surface area contributed by atoms with Crippen molar-refractivity contribution in [3.05, 3.63) is 53.1 Å². The molecule has 112 valence electrons. The SMILES string of the molecule is CN1C(=O)Cc2ccc(-c3ccc4c(c3)CCNCC4)cc21. The van der Waals surface area contributed by atoms with Crippen molar-refractivity contribution >= 4 is 11.6 Å². The molecule has 4 rings (SSSR count). The molecule has 0 spiro atoms. The topological polar surface area (TPSA) is 32.3 Å². The van der Waals surface area contributed by atoms with E-state index < -0.39 is 0 Å². The van der Waals surface area contributed by atoms with Crippen LogP contribution in [0.3, 0.4) is 0 Å². The molecule has 0 saturated carbocycles. The van der Waals surface area contributed by atoms with Crippen molar-refractivity contribution in [3.8, 4) is 11.1 Å². The number of rotatable bonds is 1. The molecule has 2 aromatic carbocycles. The van der Waals surface area contributed by atoms with E-state index in [0.717, 1.165) is 37.2 Å². The van der Waals surface area contributed by atoms with E-state index in [1.54, 1.807) is 4.90 Å². The molecule has 0 saturated heterocycles. The molecular weight excluding hydrogens is 272 g/mol. The normalized spacial score (nSPS) is 17.1. The number of amides is 1. The minimum absolute atomic E-state index is 0.181. The molecule has 0 atom stereocenters. The molecular formula is C19H20N2O. The van der Waals surface area contributed by atoms with Gasteiger partial charge in [-0.2, -0.15) is 0 Å². The zero-order chi connectivity index (χ0) is 15.1. The van der Waals surface area contributed by atoms with Gasteiger partial charge < -0.3 is 10.2 Å². The molecule has 0 bridgehead atoms. The molecule has 0 aromatic heterocycles. The molecule has 22 heavy (non-hydrogen) atoms. The van der Waals surface area contributed by atoms with Crippen LogP contribution in [0, 0.1) is 0 Å². The molecule has 3 nitrogen and oxygen atoms in total. The van der Waals surface area contributed by atoms with Crippen molar-refractivity contribution in [1.29, 1.82) is 0 Å². The highest BCUT2D eigenvalue weighted by molar-refractivity contribution is 6.01. The van der Waals surface area contributed by atoms with Crippen molar-refractivity contribution in [2.45, 2.75) is 19.3 Å². The van der Waals surface area contributed by atoms with Gasteiger partial charge in [0.25, 0.3) is 0 Å². The fraction of sp³-hybridized carbons (Fsp3) is 0.316. The van der Waals surface area contributed by atoms with Gasteiger partial charge in [0, 0.05) is 12.7 Å². The molecule has 1 amide bonds. The van der Waals surface area contributed by atoms with Gasteiger partial charge in [-0.05, 0) is 59.8 Å². The Morgan fingerprint density at radius 3 is 2.41 bits per heavy atom. The van der Waals surface area contributed by atoms with Crippen LogP contribution in [0.4, 0.5) is 5.69 Å². The fourth-order valence-corrected chi connectivity index (χ4v) is 3.47. The Bertz CT molecular complexity index is 751. The smallest absolute Gasteiger partial charge is 0.231 e. The van der Waals surface area contributed by atoms with Gasteiger partial charge in [0.05, 0.1) is 6.42 Å². The van der Waals surface area contributed by atoms with Crippen molar-refractivity contribution in [2.75, 3.05) is 25.0 Å². The van der Waals surface area contributed by atoms with E-state index in [-0.39, 0.29) is 5.91 Å². The van der Waals surface area contributed by atoms with Crippen LogP contribution < -0.4 is 10.2 Å². The van der Waals surface area contributed by atoms with E-state index in [4.69, 9.17) is 0 Å². The Morgan fingerprint density at radius 2 is 1.59 bits per heavy atom.